The van der Waals surface area contributed by atoms with E-state index >= 15 is 0 Å². The highest BCUT2D eigenvalue weighted by Crippen LogP contribution is 2.22. The fourth-order valence-electron chi connectivity index (χ4n) is 2.39. The number of rotatable bonds is 6. The number of amides is 1. The van der Waals surface area contributed by atoms with Crippen molar-refractivity contribution in [3.05, 3.63) is 59.1 Å². The predicted molar refractivity (Wildman–Crippen MR) is 88.3 cm³/mol. The zero-order chi connectivity index (χ0) is 17.8. The second kappa shape index (κ2) is 7.29. The summed E-state index contributed by atoms with van der Waals surface area (Å²) in [6.45, 7) is 4.04. The highest BCUT2D eigenvalue weighted by atomic mass is 19.1. The normalized spacial score (nSPS) is 10.8. The topological polar surface area (TPSA) is 81.2 Å². The van der Waals surface area contributed by atoms with Gasteiger partial charge in [0.1, 0.15) is 17.3 Å². The van der Waals surface area contributed by atoms with Gasteiger partial charge in [0.2, 0.25) is 11.8 Å². The van der Waals surface area contributed by atoms with Gasteiger partial charge in [0.25, 0.3) is 0 Å². The van der Waals surface area contributed by atoms with Crippen molar-refractivity contribution in [1.82, 2.24) is 15.5 Å². The second-order valence-corrected chi connectivity index (χ2v) is 5.73. The molecule has 3 aromatic rings. The standard InChI is InChI=1S/C18H18FN3O3/c1-11-9-15(22-25-11)7-8-20-17(23)10-16-12(2)24-18(21-16)13-3-5-14(19)6-4-13/h3-6,9H,7-8,10H2,1-2H3,(H,20,23). The lowest BCUT2D eigenvalue weighted by atomic mass is 10.2. The maximum absolute atomic E-state index is 13.0. The monoisotopic (exact) mass is 343 g/mol. The lowest BCUT2D eigenvalue weighted by molar-refractivity contribution is -0.120. The summed E-state index contributed by atoms with van der Waals surface area (Å²) in [6, 6.07) is 7.69. The molecule has 25 heavy (non-hydrogen) atoms. The first-order chi connectivity index (χ1) is 12.0. The van der Waals surface area contributed by atoms with Crippen LogP contribution in [-0.4, -0.2) is 22.6 Å². The number of aromatic nitrogens is 2. The summed E-state index contributed by atoms with van der Waals surface area (Å²) < 4.78 is 23.5. The van der Waals surface area contributed by atoms with Gasteiger partial charge in [0.15, 0.2) is 0 Å². The first-order valence-electron chi connectivity index (χ1n) is 7.92. The average Bonchev–Trinajstić information content (AvgIpc) is 3.14. The van der Waals surface area contributed by atoms with Crippen LogP contribution in [0, 0.1) is 19.7 Å². The SMILES string of the molecule is Cc1cc(CCNC(=O)Cc2nc(-c3ccc(F)cc3)oc2C)no1. The molecule has 0 unspecified atom stereocenters. The summed E-state index contributed by atoms with van der Waals surface area (Å²) in [5.41, 5.74) is 2.03. The molecule has 0 bridgehead atoms. The molecule has 6 nitrogen and oxygen atoms in total. The number of carbonyl (C=O) groups excluding carboxylic acids is 1. The van der Waals surface area contributed by atoms with Gasteiger partial charge in [-0.1, -0.05) is 5.16 Å². The van der Waals surface area contributed by atoms with Crippen LogP contribution < -0.4 is 5.32 Å². The number of nitrogens with one attached hydrogen (secondary N) is 1. The minimum absolute atomic E-state index is 0.119. The fraction of sp³-hybridized carbons (Fsp3) is 0.278. The Morgan fingerprint density at radius 3 is 2.68 bits per heavy atom. The van der Waals surface area contributed by atoms with Gasteiger partial charge in [-0.15, -0.1) is 0 Å². The van der Waals surface area contributed by atoms with Crippen molar-refractivity contribution in [2.24, 2.45) is 0 Å². The van der Waals surface area contributed by atoms with Crippen molar-refractivity contribution in [3.63, 3.8) is 0 Å². The number of nitrogens with zero attached hydrogens (tertiary/aromatic N) is 2. The van der Waals surface area contributed by atoms with Crippen molar-refractivity contribution in [3.8, 4) is 11.5 Å². The van der Waals surface area contributed by atoms with E-state index in [2.05, 4.69) is 15.5 Å². The predicted octanol–water partition coefficient (Wildman–Crippen LogP) is 2.99. The molecule has 0 aliphatic heterocycles. The van der Waals surface area contributed by atoms with E-state index < -0.39 is 0 Å². The van der Waals surface area contributed by atoms with E-state index in [4.69, 9.17) is 8.94 Å². The number of hydrogen-bond donors (Lipinski definition) is 1. The number of benzene rings is 1. The summed E-state index contributed by atoms with van der Waals surface area (Å²) in [4.78, 5) is 16.4. The third-order valence-corrected chi connectivity index (χ3v) is 3.69. The Kier molecular flexibility index (Phi) is 4.92. The molecule has 0 aliphatic rings. The van der Waals surface area contributed by atoms with E-state index in [0.717, 1.165) is 11.5 Å². The molecular weight excluding hydrogens is 325 g/mol. The Labute approximate surface area is 144 Å². The lowest BCUT2D eigenvalue weighted by Gasteiger charge is -2.02. The molecule has 0 saturated carbocycles. The van der Waals surface area contributed by atoms with Crippen LogP contribution in [0.5, 0.6) is 0 Å². The highest BCUT2D eigenvalue weighted by Gasteiger charge is 2.14. The number of carbonyl (C=O) groups is 1. The van der Waals surface area contributed by atoms with Gasteiger partial charge < -0.3 is 14.3 Å². The van der Waals surface area contributed by atoms with Crippen LogP contribution in [0.4, 0.5) is 4.39 Å². The number of oxazole rings is 1. The Morgan fingerprint density at radius 2 is 2.00 bits per heavy atom. The Bertz CT molecular complexity index is 868. The molecule has 0 aliphatic carbocycles. The molecule has 2 aromatic heterocycles. The molecular formula is C18H18FN3O3. The Morgan fingerprint density at radius 1 is 1.24 bits per heavy atom. The van der Waals surface area contributed by atoms with Crippen molar-refractivity contribution >= 4 is 5.91 Å². The molecule has 2 heterocycles. The molecule has 1 aromatic carbocycles. The van der Waals surface area contributed by atoms with Crippen LogP contribution in [-0.2, 0) is 17.6 Å². The molecule has 1 N–H and O–H groups in total. The average molecular weight is 343 g/mol. The summed E-state index contributed by atoms with van der Waals surface area (Å²) in [5, 5.41) is 6.69. The van der Waals surface area contributed by atoms with Crippen LogP contribution >= 0.6 is 0 Å². The minimum atomic E-state index is -0.325. The van der Waals surface area contributed by atoms with E-state index in [1.165, 1.54) is 12.1 Å². The van der Waals surface area contributed by atoms with Crippen molar-refractivity contribution in [1.29, 1.82) is 0 Å². The van der Waals surface area contributed by atoms with Gasteiger partial charge in [0, 0.05) is 24.6 Å². The molecule has 130 valence electrons. The van der Waals surface area contributed by atoms with Gasteiger partial charge in [0.05, 0.1) is 17.8 Å². The van der Waals surface area contributed by atoms with Crippen molar-refractivity contribution in [2.75, 3.05) is 6.54 Å². The van der Waals surface area contributed by atoms with Gasteiger partial charge in [-0.2, -0.15) is 0 Å². The fourth-order valence-corrected chi connectivity index (χ4v) is 2.39. The molecule has 0 atom stereocenters. The van der Waals surface area contributed by atoms with Crippen molar-refractivity contribution < 1.29 is 18.1 Å². The maximum atomic E-state index is 13.0. The molecule has 0 saturated heterocycles. The van der Waals surface area contributed by atoms with Crippen LogP contribution in [0.25, 0.3) is 11.5 Å². The highest BCUT2D eigenvalue weighted by molar-refractivity contribution is 5.78. The minimum Gasteiger partial charge on any atom is -0.441 e. The second-order valence-electron chi connectivity index (χ2n) is 5.73. The maximum Gasteiger partial charge on any atom is 0.226 e. The van der Waals surface area contributed by atoms with E-state index in [-0.39, 0.29) is 18.1 Å². The number of aryl methyl sites for hydroxylation is 2. The summed E-state index contributed by atoms with van der Waals surface area (Å²) in [7, 11) is 0. The van der Waals surface area contributed by atoms with E-state index in [0.29, 0.717) is 35.9 Å². The third kappa shape index (κ3) is 4.32. The smallest absolute Gasteiger partial charge is 0.226 e. The Hall–Kier alpha value is -2.96. The van der Waals surface area contributed by atoms with Gasteiger partial charge in [-0.3, -0.25) is 4.79 Å². The third-order valence-electron chi connectivity index (χ3n) is 3.69. The molecule has 0 spiro atoms. The van der Waals surface area contributed by atoms with Gasteiger partial charge in [-0.05, 0) is 38.1 Å². The number of hydrogen-bond acceptors (Lipinski definition) is 5. The van der Waals surface area contributed by atoms with E-state index in [1.807, 2.05) is 13.0 Å². The van der Waals surface area contributed by atoms with E-state index in [9.17, 15) is 9.18 Å². The van der Waals surface area contributed by atoms with Gasteiger partial charge >= 0.3 is 0 Å². The van der Waals surface area contributed by atoms with Gasteiger partial charge in [-0.25, -0.2) is 9.37 Å². The molecule has 1 amide bonds. The summed E-state index contributed by atoms with van der Waals surface area (Å²) >= 11 is 0. The molecule has 0 radical (unpaired) electrons. The van der Waals surface area contributed by atoms with E-state index in [1.54, 1.807) is 19.1 Å². The zero-order valence-corrected chi connectivity index (χ0v) is 14.0. The molecule has 7 heteroatoms. The first kappa shape index (κ1) is 16.9. The van der Waals surface area contributed by atoms with Crippen molar-refractivity contribution in [2.45, 2.75) is 26.7 Å². The summed E-state index contributed by atoms with van der Waals surface area (Å²) in [5.74, 6) is 1.21. The summed E-state index contributed by atoms with van der Waals surface area (Å²) in [6.07, 6.45) is 0.718. The Balaban J connectivity index is 1.57. The van der Waals surface area contributed by atoms with Crippen LogP contribution in [0.3, 0.4) is 0 Å². The van der Waals surface area contributed by atoms with Crippen LogP contribution in [0.1, 0.15) is 22.9 Å². The lowest BCUT2D eigenvalue weighted by Crippen LogP contribution is -2.27. The molecule has 3 rings (SSSR count). The zero-order valence-electron chi connectivity index (χ0n) is 14.0. The number of halogens is 1. The first-order valence-corrected chi connectivity index (χ1v) is 7.92. The largest absolute Gasteiger partial charge is 0.441 e. The molecule has 0 fully saturated rings. The quantitative estimate of drug-likeness (QED) is 0.744. The van der Waals surface area contributed by atoms with Crippen LogP contribution in [0.15, 0.2) is 39.3 Å². The van der Waals surface area contributed by atoms with Crippen LogP contribution in [0.2, 0.25) is 0 Å².